The van der Waals surface area contributed by atoms with E-state index in [1.54, 1.807) is 24.2 Å². The minimum atomic E-state index is -0.114. The molecule has 0 saturated carbocycles. The van der Waals surface area contributed by atoms with Crippen LogP contribution in [0.2, 0.25) is 0 Å². The molecule has 0 aliphatic heterocycles. The SMILES string of the molecule is Cc1cnc(SCCCCC(=O)NN)nc1. The molecular formula is C10H16N4OS. The summed E-state index contributed by atoms with van der Waals surface area (Å²) in [6.45, 7) is 1.96. The monoisotopic (exact) mass is 240 g/mol. The van der Waals surface area contributed by atoms with Crippen molar-refractivity contribution >= 4 is 17.7 Å². The second-order valence-electron chi connectivity index (χ2n) is 3.42. The number of aryl methyl sites for hydroxylation is 1. The normalized spacial score (nSPS) is 10.1. The number of thioether (sulfide) groups is 1. The van der Waals surface area contributed by atoms with E-state index >= 15 is 0 Å². The van der Waals surface area contributed by atoms with E-state index in [2.05, 4.69) is 15.4 Å². The van der Waals surface area contributed by atoms with E-state index in [9.17, 15) is 4.79 Å². The van der Waals surface area contributed by atoms with E-state index in [0.717, 1.165) is 29.3 Å². The number of nitrogens with one attached hydrogen (secondary N) is 1. The van der Waals surface area contributed by atoms with E-state index in [-0.39, 0.29) is 5.91 Å². The topological polar surface area (TPSA) is 80.9 Å². The molecule has 1 heterocycles. The van der Waals surface area contributed by atoms with Gasteiger partial charge in [-0.15, -0.1) is 0 Å². The lowest BCUT2D eigenvalue weighted by Crippen LogP contribution is -2.29. The summed E-state index contributed by atoms with van der Waals surface area (Å²) in [6, 6.07) is 0. The van der Waals surface area contributed by atoms with Gasteiger partial charge in [-0.2, -0.15) is 0 Å². The largest absolute Gasteiger partial charge is 0.294 e. The molecule has 0 spiro atoms. The van der Waals surface area contributed by atoms with Gasteiger partial charge < -0.3 is 0 Å². The molecule has 0 aliphatic rings. The van der Waals surface area contributed by atoms with Gasteiger partial charge >= 0.3 is 0 Å². The van der Waals surface area contributed by atoms with Crippen molar-refractivity contribution in [2.75, 3.05) is 5.75 Å². The molecule has 1 aromatic rings. The predicted octanol–water partition coefficient (Wildman–Crippen LogP) is 1.04. The maximum absolute atomic E-state index is 10.8. The molecule has 88 valence electrons. The third-order valence-electron chi connectivity index (χ3n) is 1.95. The Labute approximate surface area is 99.2 Å². The summed E-state index contributed by atoms with van der Waals surface area (Å²) in [5, 5.41) is 0.786. The first kappa shape index (κ1) is 12.9. The van der Waals surface area contributed by atoms with Crippen LogP contribution in [-0.2, 0) is 4.79 Å². The number of carbonyl (C=O) groups is 1. The molecule has 5 nitrogen and oxygen atoms in total. The first-order valence-corrected chi connectivity index (χ1v) is 6.12. The van der Waals surface area contributed by atoms with Crippen molar-refractivity contribution in [3.8, 4) is 0 Å². The van der Waals surface area contributed by atoms with Gasteiger partial charge in [0.15, 0.2) is 5.16 Å². The van der Waals surface area contributed by atoms with Crippen molar-refractivity contribution in [2.24, 2.45) is 5.84 Å². The van der Waals surface area contributed by atoms with Crippen molar-refractivity contribution in [1.29, 1.82) is 0 Å². The minimum Gasteiger partial charge on any atom is -0.294 e. The summed E-state index contributed by atoms with van der Waals surface area (Å²) in [5.41, 5.74) is 3.17. The van der Waals surface area contributed by atoms with Crippen LogP contribution in [0.4, 0.5) is 0 Å². The molecule has 1 aromatic heterocycles. The Morgan fingerprint density at radius 3 is 2.75 bits per heavy atom. The highest BCUT2D eigenvalue weighted by atomic mass is 32.2. The van der Waals surface area contributed by atoms with Gasteiger partial charge in [0.2, 0.25) is 5.91 Å². The smallest absolute Gasteiger partial charge is 0.233 e. The van der Waals surface area contributed by atoms with Gasteiger partial charge in [-0.05, 0) is 25.3 Å². The Balaban J connectivity index is 2.11. The Hall–Kier alpha value is -1.14. The molecule has 0 fully saturated rings. The Kier molecular flexibility index (Phi) is 5.81. The van der Waals surface area contributed by atoms with Crippen molar-refractivity contribution in [1.82, 2.24) is 15.4 Å². The molecule has 0 unspecified atom stereocenters. The quantitative estimate of drug-likeness (QED) is 0.194. The lowest BCUT2D eigenvalue weighted by molar-refractivity contribution is -0.121. The second-order valence-corrected chi connectivity index (χ2v) is 4.48. The van der Waals surface area contributed by atoms with Crippen LogP contribution in [0, 0.1) is 6.92 Å². The van der Waals surface area contributed by atoms with E-state index in [4.69, 9.17) is 5.84 Å². The average molecular weight is 240 g/mol. The molecule has 0 radical (unpaired) electrons. The second kappa shape index (κ2) is 7.19. The fourth-order valence-corrected chi connectivity index (χ4v) is 1.86. The summed E-state index contributed by atoms with van der Waals surface area (Å²) in [6.07, 6.45) is 5.87. The van der Waals surface area contributed by atoms with E-state index < -0.39 is 0 Å². The maximum Gasteiger partial charge on any atom is 0.233 e. The van der Waals surface area contributed by atoms with Crippen LogP contribution in [-0.4, -0.2) is 21.6 Å². The average Bonchev–Trinajstić information content (AvgIpc) is 2.31. The highest BCUT2D eigenvalue weighted by Gasteiger charge is 1.99. The van der Waals surface area contributed by atoms with Crippen LogP contribution < -0.4 is 11.3 Å². The molecular weight excluding hydrogens is 224 g/mol. The number of unbranched alkanes of at least 4 members (excludes halogenated alkanes) is 1. The lowest BCUT2D eigenvalue weighted by atomic mass is 10.2. The highest BCUT2D eigenvalue weighted by molar-refractivity contribution is 7.99. The van der Waals surface area contributed by atoms with Gasteiger partial charge in [-0.3, -0.25) is 10.2 Å². The molecule has 0 aliphatic carbocycles. The summed E-state index contributed by atoms with van der Waals surface area (Å²) < 4.78 is 0. The first-order chi connectivity index (χ1) is 7.72. The van der Waals surface area contributed by atoms with Crippen LogP contribution in [0.25, 0.3) is 0 Å². The summed E-state index contributed by atoms with van der Waals surface area (Å²) in [4.78, 5) is 19.2. The molecule has 0 aromatic carbocycles. The minimum absolute atomic E-state index is 0.114. The van der Waals surface area contributed by atoms with Crippen molar-refractivity contribution in [3.63, 3.8) is 0 Å². The molecule has 0 saturated heterocycles. The maximum atomic E-state index is 10.8. The number of amides is 1. The number of hydrogen-bond donors (Lipinski definition) is 2. The van der Waals surface area contributed by atoms with Crippen molar-refractivity contribution in [3.05, 3.63) is 18.0 Å². The fourth-order valence-electron chi connectivity index (χ4n) is 1.08. The Bertz CT molecular complexity index is 328. The number of rotatable bonds is 6. The van der Waals surface area contributed by atoms with E-state index in [1.807, 2.05) is 6.92 Å². The number of hydrazine groups is 1. The molecule has 0 bridgehead atoms. The van der Waals surface area contributed by atoms with E-state index in [0.29, 0.717) is 6.42 Å². The van der Waals surface area contributed by atoms with Gasteiger partial charge in [0.05, 0.1) is 0 Å². The summed E-state index contributed by atoms with van der Waals surface area (Å²) in [7, 11) is 0. The lowest BCUT2D eigenvalue weighted by Gasteiger charge is -2.00. The Morgan fingerprint density at radius 1 is 1.44 bits per heavy atom. The zero-order valence-corrected chi connectivity index (χ0v) is 10.1. The summed E-state index contributed by atoms with van der Waals surface area (Å²) in [5.74, 6) is 5.77. The highest BCUT2D eigenvalue weighted by Crippen LogP contribution is 2.14. The van der Waals surface area contributed by atoms with Crippen LogP contribution >= 0.6 is 11.8 Å². The van der Waals surface area contributed by atoms with Gasteiger partial charge in [0, 0.05) is 24.6 Å². The number of nitrogens with zero attached hydrogens (tertiary/aromatic N) is 2. The van der Waals surface area contributed by atoms with Crippen LogP contribution in [0.3, 0.4) is 0 Å². The first-order valence-electron chi connectivity index (χ1n) is 5.13. The van der Waals surface area contributed by atoms with E-state index in [1.165, 1.54) is 0 Å². The van der Waals surface area contributed by atoms with Crippen LogP contribution in [0.5, 0.6) is 0 Å². The zero-order valence-electron chi connectivity index (χ0n) is 9.27. The zero-order chi connectivity index (χ0) is 11.8. The molecule has 1 amide bonds. The number of hydrogen-bond acceptors (Lipinski definition) is 5. The predicted molar refractivity (Wildman–Crippen MR) is 63.7 cm³/mol. The third-order valence-corrected chi connectivity index (χ3v) is 2.91. The van der Waals surface area contributed by atoms with Crippen molar-refractivity contribution < 1.29 is 4.79 Å². The molecule has 0 atom stereocenters. The molecule has 16 heavy (non-hydrogen) atoms. The van der Waals surface area contributed by atoms with Gasteiger partial charge in [-0.1, -0.05) is 11.8 Å². The Morgan fingerprint density at radius 2 is 2.12 bits per heavy atom. The molecule has 6 heteroatoms. The number of nitrogens with two attached hydrogens (primary N) is 1. The van der Waals surface area contributed by atoms with Crippen LogP contribution in [0.1, 0.15) is 24.8 Å². The van der Waals surface area contributed by atoms with Crippen LogP contribution in [0.15, 0.2) is 17.6 Å². The number of aromatic nitrogens is 2. The van der Waals surface area contributed by atoms with Crippen molar-refractivity contribution in [2.45, 2.75) is 31.3 Å². The van der Waals surface area contributed by atoms with Gasteiger partial charge in [0.25, 0.3) is 0 Å². The van der Waals surface area contributed by atoms with Gasteiger partial charge in [0.1, 0.15) is 0 Å². The molecule has 3 N–H and O–H groups in total. The third kappa shape index (κ3) is 5.09. The fraction of sp³-hybridized carbons (Fsp3) is 0.500. The standard InChI is InChI=1S/C10H16N4OS/c1-8-6-12-10(13-7-8)16-5-3-2-4-9(15)14-11/h6-7H,2-5,11H2,1H3,(H,14,15). The molecule has 1 rings (SSSR count). The van der Waals surface area contributed by atoms with Gasteiger partial charge in [-0.25, -0.2) is 15.8 Å². The number of carbonyl (C=O) groups excluding carboxylic acids is 1. The summed E-state index contributed by atoms with van der Waals surface area (Å²) >= 11 is 1.60.